The lowest BCUT2D eigenvalue weighted by Gasteiger charge is -2.08. The lowest BCUT2D eigenvalue weighted by atomic mass is 10.1. The Hall–Kier alpha value is -2.67. The predicted molar refractivity (Wildman–Crippen MR) is 105 cm³/mol. The molecule has 27 heavy (non-hydrogen) atoms. The summed E-state index contributed by atoms with van der Waals surface area (Å²) in [5, 5.41) is 12.1. The smallest absolute Gasteiger partial charge is 0.230 e. The molecule has 0 unspecified atom stereocenters. The van der Waals surface area contributed by atoms with E-state index in [4.69, 9.17) is 0 Å². The molecular formula is C20H21FN4OS. The molecule has 7 heteroatoms. The molecule has 0 radical (unpaired) electrons. The summed E-state index contributed by atoms with van der Waals surface area (Å²) in [5.74, 6) is 0.652. The average Bonchev–Trinajstić information content (AvgIpc) is 3.09. The molecule has 0 spiro atoms. The Morgan fingerprint density at radius 1 is 1.19 bits per heavy atom. The molecule has 0 aliphatic heterocycles. The normalized spacial score (nSPS) is 10.8. The molecule has 0 aliphatic rings. The van der Waals surface area contributed by atoms with Gasteiger partial charge in [-0.1, -0.05) is 47.7 Å². The number of aromatic nitrogens is 3. The molecule has 3 aromatic rings. The second-order valence-electron chi connectivity index (χ2n) is 6.11. The molecule has 0 saturated carbocycles. The molecule has 5 nitrogen and oxygen atoms in total. The Balaban J connectivity index is 1.60. The fourth-order valence-corrected chi connectivity index (χ4v) is 3.49. The average molecular weight is 384 g/mol. The highest BCUT2D eigenvalue weighted by molar-refractivity contribution is 7.99. The summed E-state index contributed by atoms with van der Waals surface area (Å²) >= 11 is 1.35. The third-order valence-electron chi connectivity index (χ3n) is 4.04. The summed E-state index contributed by atoms with van der Waals surface area (Å²) < 4.78 is 14.9. The number of amides is 1. The first kappa shape index (κ1) is 19.1. The third kappa shape index (κ3) is 4.95. The minimum absolute atomic E-state index is 0.105. The molecule has 0 atom stereocenters. The van der Waals surface area contributed by atoms with Crippen LogP contribution < -0.4 is 5.32 Å². The zero-order chi connectivity index (χ0) is 19.2. The first-order valence-corrected chi connectivity index (χ1v) is 9.69. The van der Waals surface area contributed by atoms with Crippen molar-refractivity contribution >= 4 is 17.7 Å². The summed E-state index contributed by atoms with van der Waals surface area (Å²) in [6.07, 6.45) is 0. The number of carbonyl (C=O) groups is 1. The van der Waals surface area contributed by atoms with Crippen molar-refractivity contribution < 1.29 is 9.18 Å². The SMILES string of the molecule is CCn1c(SCC(=O)NCc2ccc(F)cc2)nnc1-c1cccc(C)c1. The number of halogens is 1. The Kier molecular flexibility index (Phi) is 6.24. The highest BCUT2D eigenvalue weighted by Gasteiger charge is 2.14. The molecule has 1 N–H and O–H groups in total. The van der Waals surface area contributed by atoms with E-state index in [2.05, 4.69) is 21.6 Å². The quantitative estimate of drug-likeness (QED) is 0.629. The highest BCUT2D eigenvalue weighted by atomic mass is 32.2. The summed E-state index contributed by atoms with van der Waals surface area (Å²) in [6, 6.07) is 14.2. The lowest BCUT2D eigenvalue weighted by Crippen LogP contribution is -2.24. The molecular weight excluding hydrogens is 363 g/mol. The first-order valence-electron chi connectivity index (χ1n) is 8.71. The van der Waals surface area contributed by atoms with E-state index >= 15 is 0 Å². The van der Waals surface area contributed by atoms with Gasteiger partial charge in [-0.2, -0.15) is 0 Å². The fourth-order valence-electron chi connectivity index (χ4n) is 2.66. The van der Waals surface area contributed by atoms with E-state index in [1.54, 1.807) is 12.1 Å². The van der Waals surface area contributed by atoms with E-state index in [0.717, 1.165) is 29.1 Å². The van der Waals surface area contributed by atoms with E-state index in [1.165, 1.54) is 23.9 Å². The number of hydrogen-bond acceptors (Lipinski definition) is 4. The maximum atomic E-state index is 12.9. The van der Waals surface area contributed by atoms with Crippen LogP contribution in [0.4, 0.5) is 4.39 Å². The number of hydrogen-bond donors (Lipinski definition) is 1. The van der Waals surface area contributed by atoms with E-state index < -0.39 is 0 Å². The number of nitrogens with one attached hydrogen (secondary N) is 1. The van der Waals surface area contributed by atoms with Gasteiger partial charge in [-0.15, -0.1) is 10.2 Å². The van der Waals surface area contributed by atoms with Gasteiger partial charge in [-0.25, -0.2) is 4.39 Å². The summed E-state index contributed by atoms with van der Waals surface area (Å²) in [5.41, 5.74) is 3.03. The van der Waals surface area contributed by atoms with Crippen molar-refractivity contribution in [3.63, 3.8) is 0 Å². The van der Waals surface area contributed by atoms with Crippen LogP contribution in [0.25, 0.3) is 11.4 Å². The van der Waals surface area contributed by atoms with Crippen LogP contribution in [-0.4, -0.2) is 26.4 Å². The van der Waals surface area contributed by atoms with Crippen LogP contribution in [0.3, 0.4) is 0 Å². The number of benzene rings is 2. The zero-order valence-corrected chi connectivity index (χ0v) is 16.1. The predicted octanol–water partition coefficient (Wildman–Crippen LogP) is 3.82. The summed E-state index contributed by atoms with van der Waals surface area (Å²) in [6.45, 7) is 5.16. The molecule has 0 saturated heterocycles. The van der Waals surface area contributed by atoms with Gasteiger partial charge in [0, 0.05) is 18.7 Å². The van der Waals surface area contributed by atoms with Crippen LogP contribution >= 0.6 is 11.8 Å². The van der Waals surface area contributed by atoms with Crippen molar-refractivity contribution in [2.24, 2.45) is 0 Å². The van der Waals surface area contributed by atoms with Crippen LogP contribution in [0.1, 0.15) is 18.1 Å². The van der Waals surface area contributed by atoms with E-state index in [1.807, 2.05) is 36.6 Å². The molecule has 140 valence electrons. The van der Waals surface area contributed by atoms with Gasteiger partial charge in [-0.3, -0.25) is 4.79 Å². The third-order valence-corrected chi connectivity index (χ3v) is 5.01. The summed E-state index contributed by atoms with van der Waals surface area (Å²) in [4.78, 5) is 12.1. The molecule has 0 aliphatic carbocycles. The van der Waals surface area contributed by atoms with Gasteiger partial charge < -0.3 is 9.88 Å². The number of carbonyl (C=O) groups excluding carboxylic acids is 1. The molecule has 1 aromatic heterocycles. The van der Waals surface area contributed by atoms with E-state index in [-0.39, 0.29) is 17.5 Å². The van der Waals surface area contributed by atoms with Gasteiger partial charge in [0.25, 0.3) is 0 Å². The fraction of sp³-hybridized carbons (Fsp3) is 0.250. The van der Waals surface area contributed by atoms with E-state index in [0.29, 0.717) is 11.7 Å². The Morgan fingerprint density at radius 2 is 1.96 bits per heavy atom. The number of thioether (sulfide) groups is 1. The molecule has 1 amide bonds. The largest absolute Gasteiger partial charge is 0.351 e. The highest BCUT2D eigenvalue weighted by Crippen LogP contribution is 2.24. The van der Waals surface area contributed by atoms with Crippen LogP contribution in [-0.2, 0) is 17.9 Å². The topological polar surface area (TPSA) is 59.8 Å². The number of aryl methyl sites for hydroxylation is 1. The molecule has 3 rings (SSSR count). The number of nitrogens with zero attached hydrogens (tertiary/aromatic N) is 3. The van der Waals surface area contributed by atoms with Crippen LogP contribution in [0.15, 0.2) is 53.7 Å². The van der Waals surface area contributed by atoms with E-state index in [9.17, 15) is 9.18 Å². The van der Waals surface area contributed by atoms with Crippen LogP contribution in [0.2, 0.25) is 0 Å². The molecule has 1 heterocycles. The van der Waals surface area contributed by atoms with Crippen molar-refractivity contribution in [2.45, 2.75) is 32.1 Å². The molecule has 0 fully saturated rings. The van der Waals surface area contributed by atoms with Crippen molar-refractivity contribution in [3.05, 3.63) is 65.5 Å². The van der Waals surface area contributed by atoms with Crippen LogP contribution in [0.5, 0.6) is 0 Å². The molecule has 2 aromatic carbocycles. The van der Waals surface area contributed by atoms with Crippen molar-refractivity contribution in [3.8, 4) is 11.4 Å². The van der Waals surface area contributed by atoms with Gasteiger partial charge in [0.2, 0.25) is 5.91 Å². The maximum Gasteiger partial charge on any atom is 0.230 e. The van der Waals surface area contributed by atoms with Crippen LogP contribution in [0, 0.1) is 12.7 Å². The van der Waals surface area contributed by atoms with Gasteiger partial charge in [0.15, 0.2) is 11.0 Å². The van der Waals surface area contributed by atoms with Crippen molar-refractivity contribution in [2.75, 3.05) is 5.75 Å². The first-order chi connectivity index (χ1) is 13.1. The second-order valence-corrected chi connectivity index (χ2v) is 7.05. The van der Waals surface area contributed by atoms with Crippen molar-refractivity contribution in [1.82, 2.24) is 20.1 Å². The number of rotatable bonds is 7. The second kappa shape index (κ2) is 8.81. The minimum Gasteiger partial charge on any atom is -0.351 e. The standard InChI is InChI=1S/C20H21FN4OS/c1-3-25-19(16-6-4-5-14(2)11-16)23-24-20(25)27-13-18(26)22-12-15-7-9-17(21)10-8-15/h4-11H,3,12-13H2,1-2H3,(H,22,26). The Labute approximate surface area is 162 Å². The lowest BCUT2D eigenvalue weighted by molar-refractivity contribution is -0.118. The molecule has 0 bridgehead atoms. The zero-order valence-electron chi connectivity index (χ0n) is 15.3. The Morgan fingerprint density at radius 3 is 2.67 bits per heavy atom. The maximum absolute atomic E-state index is 12.9. The minimum atomic E-state index is -0.288. The van der Waals surface area contributed by atoms with Gasteiger partial charge in [0.1, 0.15) is 5.82 Å². The summed E-state index contributed by atoms with van der Waals surface area (Å²) in [7, 11) is 0. The van der Waals surface area contributed by atoms with Gasteiger partial charge in [0.05, 0.1) is 5.75 Å². The van der Waals surface area contributed by atoms with Gasteiger partial charge in [-0.05, 0) is 37.6 Å². The van der Waals surface area contributed by atoms with Crippen molar-refractivity contribution in [1.29, 1.82) is 0 Å². The monoisotopic (exact) mass is 384 g/mol. The Bertz CT molecular complexity index is 924. The van der Waals surface area contributed by atoms with Gasteiger partial charge >= 0.3 is 0 Å².